The first-order chi connectivity index (χ1) is 9.13. The Morgan fingerprint density at radius 2 is 2.21 bits per heavy atom. The Balaban J connectivity index is 2.15. The molecule has 3 nitrogen and oxygen atoms in total. The lowest BCUT2D eigenvalue weighted by Crippen LogP contribution is -2.37. The summed E-state index contributed by atoms with van der Waals surface area (Å²) >= 11 is 0. The van der Waals surface area contributed by atoms with Crippen molar-refractivity contribution in [2.75, 3.05) is 11.9 Å². The van der Waals surface area contributed by atoms with Gasteiger partial charge in [0, 0.05) is 23.8 Å². The average molecular weight is 260 g/mol. The van der Waals surface area contributed by atoms with Gasteiger partial charge in [-0.15, -0.1) is 0 Å². The normalized spacial score (nSPS) is 17.0. The molecule has 0 saturated heterocycles. The monoisotopic (exact) mass is 260 g/mol. The van der Waals surface area contributed by atoms with E-state index < -0.39 is 0 Å². The van der Waals surface area contributed by atoms with Crippen molar-refractivity contribution in [3.8, 4) is 0 Å². The first-order valence-corrected chi connectivity index (χ1v) is 7.30. The molecule has 1 aliphatic heterocycles. The predicted molar refractivity (Wildman–Crippen MR) is 79.6 cm³/mol. The van der Waals surface area contributed by atoms with Gasteiger partial charge >= 0.3 is 0 Å². The van der Waals surface area contributed by atoms with E-state index in [0.717, 1.165) is 37.1 Å². The molecule has 104 valence electrons. The van der Waals surface area contributed by atoms with Gasteiger partial charge in [0.1, 0.15) is 0 Å². The third kappa shape index (κ3) is 3.09. The average Bonchev–Trinajstić information content (AvgIpc) is 2.45. The number of hydrogen-bond donors (Lipinski definition) is 2. The lowest BCUT2D eigenvalue weighted by Gasteiger charge is -2.23. The Hall–Kier alpha value is -1.51. The van der Waals surface area contributed by atoms with E-state index in [2.05, 4.69) is 37.5 Å². The number of rotatable bonds is 4. The van der Waals surface area contributed by atoms with Crippen LogP contribution in [0.15, 0.2) is 18.2 Å². The molecule has 0 saturated carbocycles. The molecule has 2 unspecified atom stereocenters. The summed E-state index contributed by atoms with van der Waals surface area (Å²) in [7, 11) is 0. The van der Waals surface area contributed by atoms with Crippen molar-refractivity contribution in [3.63, 3.8) is 0 Å². The van der Waals surface area contributed by atoms with Gasteiger partial charge in [0.2, 0.25) is 0 Å². The van der Waals surface area contributed by atoms with Crippen molar-refractivity contribution in [2.45, 2.75) is 46.1 Å². The number of benzene rings is 1. The predicted octanol–water partition coefficient (Wildman–Crippen LogP) is 3.21. The molecule has 0 bridgehead atoms. The zero-order valence-corrected chi connectivity index (χ0v) is 12.1. The molecule has 0 aromatic heterocycles. The Labute approximate surface area is 115 Å². The van der Waals surface area contributed by atoms with Gasteiger partial charge in [0.25, 0.3) is 5.91 Å². The van der Waals surface area contributed by atoms with Crippen LogP contribution in [0.5, 0.6) is 0 Å². The van der Waals surface area contributed by atoms with Crippen LogP contribution < -0.4 is 10.6 Å². The number of anilines is 1. The van der Waals surface area contributed by atoms with Crippen molar-refractivity contribution < 1.29 is 4.79 Å². The lowest BCUT2D eigenvalue weighted by atomic mass is 9.96. The van der Waals surface area contributed by atoms with Gasteiger partial charge < -0.3 is 10.6 Å². The van der Waals surface area contributed by atoms with Gasteiger partial charge in [-0.1, -0.05) is 26.3 Å². The number of carbonyl (C=O) groups excluding carboxylic acids is 1. The fraction of sp³-hybridized carbons (Fsp3) is 0.562. The topological polar surface area (TPSA) is 41.1 Å². The Bertz CT molecular complexity index is 456. The van der Waals surface area contributed by atoms with E-state index in [0.29, 0.717) is 5.92 Å². The number of fused-ring (bicyclic) bond motifs is 1. The molecule has 0 aliphatic carbocycles. The summed E-state index contributed by atoms with van der Waals surface area (Å²) in [4.78, 5) is 12.4. The van der Waals surface area contributed by atoms with E-state index in [1.54, 1.807) is 0 Å². The molecule has 1 amide bonds. The summed E-state index contributed by atoms with van der Waals surface area (Å²) in [5.41, 5.74) is 3.12. The number of carbonyl (C=O) groups is 1. The van der Waals surface area contributed by atoms with Crippen LogP contribution in [0.4, 0.5) is 5.69 Å². The zero-order valence-electron chi connectivity index (χ0n) is 12.1. The molecule has 19 heavy (non-hydrogen) atoms. The van der Waals surface area contributed by atoms with E-state index in [9.17, 15) is 4.79 Å². The van der Waals surface area contributed by atoms with Gasteiger partial charge in [-0.2, -0.15) is 0 Å². The number of nitrogens with one attached hydrogen (secondary N) is 2. The molecule has 1 aromatic rings. The van der Waals surface area contributed by atoms with Gasteiger partial charge in [0.05, 0.1) is 0 Å². The smallest absolute Gasteiger partial charge is 0.251 e. The maximum Gasteiger partial charge on any atom is 0.251 e. The van der Waals surface area contributed by atoms with Gasteiger partial charge in [-0.25, -0.2) is 0 Å². The molecule has 1 heterocycles. The van der Waals surface area contributed by atoms with Gasteiger partial charge in [-0.3, -0.25) is 4.79 Å². The highest BCUT2D eigenvalue weighted by molar-refractivity contribution is 5.97. The minimum atomic E-state index is 0.0633. The Kier molecular flexibility index (Phi) is 4.46. The minimum absolute atomic E-state index is 0.0633. The maximum atomic E-state index is 12.4. The molecular formula is C16H24N2O. The molecular weight excluding hydrogens is 236 g/mol. The molecule has 1 aromatic carbocycles. The molecule has 2 atom stereocenters. The summed E-state index contributed by atoms with van der Waals surface area (Å²) in [5.74, 6) is 0.565. The van der Waals surface area contributed by atoms with Crippen molar-refractivity contribution in [1.29, 1.82) is 0 Å². The van der Waals surface area contributed by atoms with Crippen LogP contribution in [-0.4, -0.2) is 18.5 Å². The van der Waals surface area contributed by atoms with E-state index >= 15 is 0 Å². The van der Waals surface area contributed by atoms with Crippen LogP contribution in [0.25, 0.3) is 0 Å². The highest BCUT2D eigenvalue weighted by atomic mass is 16.1. The van der Waals surface area contributed by atoms with E-state index in [4.69, 9.17) is 0 Å². The Morgan fingerprint density at radius 3 is 2.95 bits per heavy atom. The first kappa shape index (κ1) is 13.9. The van der Waals surface area contributed by atoms with Crippen LogP contribution in [-0.2, 0) is 6.42 Å². The van der Waals surface area contributed by atoms with E-state index in [1.165, 1.54) is 5.56 Å². The second kappa shape index (κ2) is 6.09. The fourth-order valence-corrected chi connectivity index (χ4v) is 2.50. The van der Waals surface area contributed by atoms with Crippen LogP contribution >= 0.6 is 0 Å². The summed E-state index contributed by atoms with van der Waals surface area (Å²) in [5, 5.41) is 6.50. The highest BCUT2D eigenvalue weighted by Gasteiger charge is 2.19. The maximum absolute atomic E-state index is 12.4. The molecule has 3 heteroatoms. The number of hydrogen-bond acceptors (Lipinski definition) is 2. The largest absolute Gasteiger partial charge is 0.385 e. The standard InChI is InChI=1S/C16H24N2O/c1-4-11(2)12(3)18-16(19)14-7-5-9-15-13(14)8-6-10-17-15/h5,7,9,11-12,17H,4,6,8,10H2,1-3H3,(H,18,19). The lowest BCUT2D eigenvalue weighted by molar-refractivity contribution is 0.0927. The van der Waals surface area contributed by atoms with Crippen LogP contribution in [0.2, 0.25) is 0 Å². The minimum Gasteiger partial charge on any atom is -0.385 e. The van der Waals surface area contributed by atoms with Crippen molar-refractivity contribution in [1.82, 2.24) is 5.32 Å². The van der Waals surface area contributed by atoms with Gasteiger partial charge in [-0.05, 0) is 43.4 Å². The second-order valence-corrected chi connectivity index (χ2v) is 5.51. The zero-order chi connectivity index (χ0) is 13.8. The van der Waals surface area contributed by atoms with Crippen molar-refractivity contribution >= 4 is 11.6 Å². The summed E-state index contributed by atoms with van der Waals surface area (Å²) in [6.07, 6.45) is 3.16. The molecule has 0 fully saturated rings. The van der Waals surface area contributed by atoms with E-state index in [-0.39, 0.29) is 11.9 Å². The third-order valence-corrected chi connectivity index (χ3v) is 4.20. The summed E-state index contributed by atoms with van der Waals surface area (Å²) < 4.78 is 0. The Morgan fingerprint density at radius 1 is 1.42 bits per heavy atom. The summed E-state index contributed by atoms with van der Waals surface area (Å²) in [6, 6.07) is 6.17. The molecule has 0 radical (unpaired) electrons. The summed E-state index contributed by atoms with van der Waals surface area (Å²) in [6.45, 7) is 7.41. The quantitative estimate of drug-likeness (QED) is 0.872. The highest BCUT2D eigenvalue weighted by Crippen LogP contribution is 2.25. The van der Waals surface area contributed by atoms with Crippen LogP contribution in [0.3, 0.4) is 0 Å². The third-order valence-electron chi connectivity index (χ3n) is 4.20. The van der Waals surface area contributed by atoms with Crippen molar-refractivity contribution in [3.05, 3.63) is 29.3 Å². The molecule has 2 N–H and O–H groups in total. The van der Waals surface area contributed by atoms with Crippen molar-refractivity contribution in [2.24, 2.45) is 5.92 Å². The molecule has 2 rings (SSSR count). The first-order valence-electron chi connectivity index (χ1n) is 7.30. The number of amides is 1. The second-order valence-electron chi connectivity index (χ2n) is 5.51. The SMILES string of the molecule is CCC(C)C(C)NC(=O)c1cccc2c1CCCN2. The van der Waals surface area contributed by atoms with Crippen LogP contribution in [0, 0.1) is 5.92 Å². The van der Waals surface area contributed by atoms with E-state index in [1.807, 2.05) is 12.1 Å². The molecule has 1 aliphatic rings. The fourth-order valence-electron chi connectivity index (χ4n) is 2.50. The molecule has 0 spiro atoms. The van der Waals surface area contributed by atoms with Gasteiger partial charge in [0.15, 0.2) is 0 Å². The van der Waals surface area contributed by atoms with Crippen LogP contribution in [0.1, 0.15) is 49.5 Å².